The highest BCUT2D eigenvalue weighted by molar-refractivity contribution is 6.38. The minimum Gasteiger partial charge on any atom is -0.298 e. The van der Waals surface area contributed by atoms with Gasteiger partial charge in [0.05, 0.1) is 27.3 Å². The molecule has 4 aromatic rings. The van der Waals surface area contributed by atoms with Crippen LogP contribution in [-0.2, 0) is 0 Å². The quantitative estimate of drug-likeness (QED) is 0.402. The Bertz CT molecular complexity index is 1230. The molecule has 5 nitrogen and oxygen atoms in total. The largest absolute Gasteiger partial charge is 0.298 e. The molecule has 2 N–H and O–H groups in total. The minimum absolute atomic E-state index is 0.271. The summed E-state index contributed by atoms with van der Waals surface area (Å²) in [4.78, 5) is 17.8. The van der Waals surface area contributed by atoms with E-state index in [4.69, 9.17) is 34.8 Å². The third-order valence-electron chi connectivity index (χ3n) is 4.05. The molecule has 1 heterocycles. The number of halogens is 3. The monoisotopic (exact) mass is 430 g/mol. The van der Waals surface area contributed by atoms with Gasteiger partial charge in [-0.25, -0.2) is 9.55 Å². The fourth-order valence-corrected chi connectivity index (χ4v) is 3.54. The number of nitrogens with one attached hydrogen (secondary N) is 2. The van der Waals surface area contributed by atoms with Gasteiger partial charge in [-0.05, 0) is 42.5 Å². The van der Waals surface area contributed by atoms with Crippen molar-refractivity contribution < 1.29 is 0 Å². The summed E-state index contributed by atoms with van der Waals surface area (Å²) in [6.45, 7) is 0. The van der Waals surface area contributed by atoms with Crippen LogP contribution in [-0.4, -0.2) is 9.55 Å². The van der Waals surface area contributed by atoms with Crippen LogP contribution in [0.4, 0.5) is 11.6 Å². The Balaban J connectivity index is 1.89. The SMILES string of the molecule is O=c1c2cc(Cl)cc(Cl)c2nc(NNc2cccc(Cl)c2)n1-c1ccccc1. The number of benzene rings is 3. The number of anilines is 2. The Hall–Kier alpha value is -2.73. The molecule has 0 atom stereocenters. The summed E-state index contributed by atoms with van der Waals surface area (Å²) in [5.74, 6) is 0.271. The van der Waals surface area contributed by atoms with Gasteiger partial charge >= 0.3 is 0 Å². The van der Waals surface area contributed by atoms with E-state index in [1.54, 1.807) is 24.3 Å². The second kappa shape index (κ2) is 7.72. The van der Waals surface area contributed by atoms with E-state index in [1.165, 1.54) is 4.57 Å². The first kappa shape index (κ1) is 18.6. The van der Waals surface area contributed by atoms with Gasteiger partial charge in [-0.3, -0.25) is 15.6 Å². The van der Waals surface area contributed by atoms with E-state index in [0.29, 0.717) is 37.3 Å². The van der Waals surface area contributed by atoms with Gasteiger partial charge in [0.15, 0.2) is 0 Å². The molecule has 0 radical (unpaired) electrons. The average Bonchev–Trinajstić information content (AvgIpc) is 2.68. The second-order valence-corrected chi connectivity index (χ2v) is 7.24. The maximum absolute atomic E-state index is 13.2. The summed E-state index contributed by atoms with van der Waals surface area (Å²) in [6.07, 6.45) is 0. The topological polar surface area (TPSA) is 59.0 Å². The number of hydrogen-bond donors (Lipinski definition) is 2. The molecule has 140 valence electrons. The molecule has 0 spiro atoms. The molecular weight excluding hydrogens is 419 g/mol. The molecule has 0 aliphatic carbocycles. The van der Waals surface area contributed by atoms with Crippen molar-refractivity contribution in [3.63, 3.8) is 0 Å². The van der Waals surface area contributed by atoms with E-state index in [9.17, 15) is 4.79 Å². The first-order valence-corrected chi connectivity index (χ1v) is 9.41. The molecule has 3 aromatic carbocycles. The lowest BCUT2D eigenvalue weighted by Gasteiger charge is -2.16. The van der Waals surface area contributed by atoms with Crippen LogP contribution in [0.1, 0.15) is 0 Å². The van der Waals surface area contributed by atoms with Crippen LogP contribution in [0.3, 0.4) is 0 Å². The van der Waals surface area contributed by atoms with Gasteiger partial charge in [-0.15, -0.1) is 0 Å². The highest BCUT2D eigenvalue weighted by Crippen LogP contribution is 2.26. The summed E-state index contributed by atoms with van der Waals surface area (Å²) in [7, 11) is 0. The van der Waals surface area contributed by atoms with E-state index in [0.717, 1.165) is 0 Å². The highest BCUT2D eigenvalue weighted by atomic mass is 35.5. The average molecular weight is 432 g/mol. The molecule has 0 fully saturated rings. The second-order valence-electron chi connectivity index (χ2n) is 5.96. The van der Waals surface area contributed by atoms with E-state index in [2.05, 4.69) is 15.8 Å². The van der Waals surface area contributed by atoms with Crippen molar-refractivity contribution in [3.8, 4) is 5.69 Å². The lowest BCUT2D eigenvalue weighted by molar-refractivity contribution is 0.965. The molecular formula is C20H13Cl3N4O. The zero-order valence-electron chi connectivity index (χ0n) is 14.3. The number of hydrogen-bond acceptors (Lipinski definition) is 4. The van der Waals surface area contributed by atoms with Crippen molar-refractivity contribution >= 4 is 57.3 Å². The normalized spacial score (nSPS) is 10.8. The van der Waals surface area contributed by atoms with E-state index in [-0.39, 0.29) is 11.5 Å². The van der Waals surface area contributed by atoms with Crippen LogP contribution in [0, 0.1) is 0 Å². The Morgan fingerprint density at radius 2 is 1.61 bits per heavy atom. The summed E-state index contributed by atoms with van der Waals surface area (Å²) in [5, 5.41) is 1.57. The standard InChI is InChI=1S/C20H13Cl3N4O/c21-12-5-4-6-14(9-12)25-26-20-24-18-16(10-13(22)11-17(18)23)19(28)27(20)15-7-2-1-3-8-15/h1-11,25H,(H,24,26). The lowest BCUT2D eigenvalue weighted by Crippen LogP contribution is -2.25. The van der Waals surface area contributed by atoms with Crippen LogP contribution in [0.2, 0.25) is 15.1 Å². The van der Waals surface area contributed by atoms with Crippen LogP contribution in [0.25, 0.3) is 16.6 Å². The summed E-state index contributed by atoms with van der Waals surface area (Å²) in [5.41, 5.74) is 7.41. The lowest BCUT2D eigenvalue weighted by atomic mass is 10.2. The van der Waals surface area contributed by atoms with Crippen molar-refractivity contribution in [3.05, 3.63) is 92.2 Å². The van der Waals surface area contributed by atoms with Gasteiger partial charge in [0.25, 0.3) is 5.56 Å². The molecule has 0 saturated heterocycles. The van der Waals surface area contributed by atoms with Crippen molar-refractivity contribution in [1.29, 1.82) is 0 Å². The molecule has 4 rings (SSSR count). The third-order valence-corrected chi connectivity index (χ3v) is 4.79. The van der Waals surface area contributed by atoms with Gasteiger partial charge in [0.1, 0.15) is 0 Å². The predicted octanol–water partition coefficient (Wildman–Crippen LogP) is 5.78. The molecule has 0 aliphatic heterocycles. The van der Waals surface area contributed by atoms with Gasteiger partial charge in [0.2, 0.25) is 5.95 Å². The summed E-state index contributed by atoms with van der Waals surface area (Å²) >= 11 is 18.4. The smallest absolute Gasteiger partial charge is 0.267 e. The molecule has 0 saturated carbocycles. The van der Waals surface area contributed by atoms with Crippen LogP contribution in [0.5, 0.6) is 0 Å². The molecule has 8 heteroatoms. The van der Waals surface area contributed by atoms with E-state index >= 15 is 0 Å². The van der Waals surface area contributed by atoms with Gasteiger partial charge in [0, 0.05) is 10.0 Å². The number of hydrazine groups is 1. The maximum atomic E-state index is 13.2. The van der Waals surface area contributed by atoms with Crippen molar-refractivity contribution in [2.75, 3.05) is 10.9 Å². The number of nitrogens with zero attached hydrogens (tertiary/aromatic N) is 2. The fraction of sp³-hybridized carbons (Fsp3) is 0. The number of fused-ring (bicyclic) bond motifs is 1. The van der Waals surface area contributed by atoms with Gasteiger partial charge in [-0.2, -0.15) is 0 Å². The van der Waals surface area contributed by atoms with Crippen LogP contribution < -0.4 is 16.4 Å². The molecule has 0 aliphatic rings. The first-order chi connectivity index (χ1) is 13.5. The minimum atomic E-state index is -0.295. The molecule has 0 amide bonds. The predicted molar refractivity (Wildman–Crippen MR) is 116 cm³/mol. The van der Waals surface area contributed by atoms with Crippen molar-refractivity contribution in [2.24, 2.45) is 0 Å². The summed E-state index contributed by atoms with van der Waals surface area (Å²) < 4.78 is 1.45. The molecule has 0 unspecified atom stereocenters. The van der Waals surface area contributed by atoms with E-state index in [1.807, 2.05) is 42.5 Å². The fourth-order valence-electron chi connectivity index (χ4n) is 2.81. The molecule has 0 bridgehead atoms. The van der Waals surface area contributed by atoms with Gasteiger partial charge < -0.3 is 0 Å². The van der Waals surface area contributed by atoms with Crippen LogP contribution >= 0.6 is 34.8 Å². The first-order valence-electron chi connectivity index (χ1n) is 8.28. The van der Waals surface area contributed by atoms with Gasteiger partial charge in [-0.1, -0.05) is 59.1 Å². The van der Waals surface area contributed by atoms with Crippen LogP contribution in [0.15, 0.2) is 71.5 Å². The zero-order valence-corrected chi connectivity index (χ0v) is 16.6. The van der Waals surface area contributed by atoms with Crippen molar-refractivity contribution in [2.45, 2.75) is 0 Å². The zero-order chi connectivity index (χ0) is 19.7. The Labute approximate surface area is 175 Å². The number of para-hydroxylation sites is 1. The Morgan fingerprint density at radius 3 is 2.36 bits per heavy atom. The summed E-state index contributed by atoms with van der Waals surface area (Å²) in [6, 6.07) is 19.4. The molecule has 28 heavy (non-hydrogen) atoms. The van der Waals surface area contributed by atoms with E-state index < -0.39 is 0 Å². The highest BCUT2D eigenvalue weighted by Gasteiger charge is 2.15. The Kier molecular flexibility index (Phi) is 5.13. The maximum Gasteiger partial charge on any atom is 0.267 e. The third kappa shape index (κ3) is 3.64. The Morgan fingerprint density at radius 1 is 0.821 bits per heavy atom. The number of rotatable bonds is 4. The number of aromatic nitrogens is 2. The molecule has 1 aromatic heterocycles. The van der Waals surface area contributed by atoms with Crippen molar-refractivity contribution in [1.82, 2.24) is 9.55 Å².